The van der Waals surface area contributed by atoms with Gasteiger partial charge in [-0.15, -0.1) is 0 Å². The Kier molecular flexibility index (Phi) is 6.36. The van der Waals surface area contributed by atoms with Gasteiger partial charge in [-0.2, -0.15) is 0 Å². The van der Waals surface area contributed by atoms with Crippen molar-refractivity contribution in [1.29, 1.82) is 0 Å². The zero-order valence-electron chi connectivity index (χ0n) is 12.7. The molecule has 0 heterocycles. The number of hydrogen-bond acceptors (Lipinski definition) is 5. The summed E-state index contributed by atoms with van der Waals surface area (Å²) in [6.07, 6.45) is 0.771. The summed E-state index contributed by atoms with van der Waals surface area (Å²) < 4.78 is 28.9. The van der Waals surface area contributed by atoms with Crippen molar-refractivity contribution in [2.75, 3.05) is 12.9 Å². The number of sulfone groups is 1. The molecule has 0 fully saturated rings. The Hall–Kier alpha value is -1.40. The standard InChI is InChI=1S/C15H23NO4S/c1-4-12-5-7-13(8-6-12)15(16)11(2)21(18,19)10-9-14(17)20-3/h5-8,11,15H,4,9-10,16H2,1-3H3. The number of hydrogen-bond donors (Lipinski definition) is 1. The smallest absolute Gasteiger partial charge is 0.306 e. The van der Waals surface area contributed by atoms with Crippen LogP contribution in [0.1, 0.15) is 37.4 Å². The number of carbonyl (C=O) groups is 1. The van der Waals surface area contributed by atoms with Crippen LogP contribution in [-0.4, -0.2) is 32.5 Å². The molecule has 21 heavy (non-hydrogen) atoms. The molecule has 2 atom stereocenters. The van der Waals surface area contributed by atoms with Crippen LogP contribution in [0.5, 0.6) is 0 Å². The first-order valence-corrected chi connectivity index (χ1v) is 8.66. The minimum Gasteiger partial charge on any atom is -0.469 e. The van der Waals surface area contributed by atoms with Crippen LogP contribution in [0, 0.1) is 0 Å². The third-order valence-electron chi connectivity index (χ3n) is 3.66. The first-order valence-electron chi connectivity index (χ1n) is 6.94. The highest BCUT2D eigenvalue weighted by atomic mass is 32.2. The second-order valence-electron chi connectivity index (χ2n) is 5.02. The Balaban J connectivity index is 2.79. The fourth-order valence-corrected chi connectivity index (χ4v) is 3.41. The number of esters is 1. The molecular formula is C15H23NO4S. The molecule has 0 aliphatic heterocycles. The molecule has 0 aromatic heterocycles. The van der Waals surface area contributed by atoms with Crippen molar-refractivity contribution >= 4 is 15.8 Å². The number of aryl methyl sites for hydroxylation is 1. The van der Waals surface area contributed by atoms with Crippen molar-refractivity contribution in [2.45, 2.75) is 38.0 Å². The van der Waals surface area contributed by atoms with Gasteiger partial charge in [-0.1, -0.05) is 31.2 Å². The molecule has 0 radical (unpaired) electrons. The summed E-state index contributed by atoms with van der Waals surface area (Å²) in [4.78, 5) is 11.1. The minimum absolute atomic E-state index is 0.148. The Morgan fingerprint density at radius 2 is 1.86 bits per heavy atom. The van der Waals surface area contributed by atoms with Gasteiger partial charge in [-0.25, -0.2) is 8.42 Å². The van der Waals surface area contributed by atoms with E-state index in [0.29, 0.717) is 0 Å². The lowest BCUT2D eigenvalue weighted by atomic mass is 10.0. The van der Waals surface area contributed by atoms with Gasteiger partial charge in [0.1, 0.15) is 0 Å². The van der Waals surface area contributed by atoms with E-state index in [1.165, 1.54) is 12.7 Å². The maximum absolute atomic E-state index is 12.2. The van der Waals surface area contributed by atoms with Gasteiger partial charge < -0.3 is 10.5 Å². The fraction of sp³-hybridized carbons (Fsp3) is 0.533. The second kappa shape index (κ2) is 7.56. The summed E-state index contributed by atoms with van der Waals surface area (Å²) in [5.41, 5.74) is 8.01. The highest BCUT2D eigenvalue weighted by Crippen LogP contribution is 2.21. The van der Waals surface area contributed by atoms with Crippen LogP contribution in [0.2, 0.25) is 0 Å². The third kappa shape index (κ3) is 4.82. The lowest BCUT2D eigenvalue weighted by Crippen LogP contribution is -2.33. The molecule has 0 aliphatic rings. The van der Waals surface area contributed by atoms with Crippen LogP contribution in [0.3, 0.4) is 0 Å². The average Bonchev–Trinajstić information content (AvgIpc) is 2.51. The van der Waals surface area contributed by atoms with Crippen LogP contribution in [-0.2, 0) is 25.8 Å². The number of methoxy groups -OCH3 is 1. The molecule has 118 valence electrons. The van der Waals surface area contributed by atoms with E-state index in [1.807, 2.05) is 24.3 Å². The van der Waals surface area contributed by atoms with E-state index in [4.69, 9.17) is 5.73 Å². The van der Waals surface area contributed by atoms with Gasteiger partial charge >= 0.3 is 5.97 Å². The van der Waals surface area contributed by atoms with Crippen LogP contribution in [0.4, 0.5) is 0 Å². The summed E-state index contributed by atoms with van der Waals surface area (Å²) in [7, 11) is -2.22. The maximum atomic E-state index is 12.2. The predicted molar refractivity (Wildman–Crippen MR) is 82.6 cm³/mol. The van der Waals surface area contributed by atoms with Gasteiger partial charge in [0.05, 0.1) is 24.5 Å². The number of nitrogens with two attached hydrogens (primary N) is 1. The fourth-order valence-electron chi connectivity index (χ4n) is 1.98. The lowest BCUT2D eigenvalue weighted by Gasteiger charge is -2.20. The predicted octanol–water partition coefficient (Wildman–Crippen LogP) is 1.62. The number of carbonyl (C=O) groups excluding carboxylic acids is 1. The van der Waals surface area contributed by atoms with Gasteiger partial charge in [0.25, 0.3) is 0 Å². The Bertz CT molecular complexity index is 566. The van der Waals surface area contributed by atoms with Crippen molar-refractivity contribution in [1.82, 2.24) is 0 Å². The zero-order chi connectivity index (χ0) is 16.0. The SMILES string of the molecule is CCc1ccc(C(N)C(C)S(=O)(=O)CCC(=O)OC)cc1. The molecule has 6 heteroatoms. The lowest BCUT2D eigenvalue weighted by molar-refractivity contribution is -0.140. The first-order chi connectivity index (χ1) is 9.81. The van der Waals surface area contributed by atoms with Gasteiger partial charge in [0.15, 0.2) is 9.84 Å². The quantitative estimate of drug-likeness (QED) is 0.773. The summed E-state index contributed by atoms with van der Waals surface area (Å²) in [6, 6.07) is 7.00. The topological polar surface area (TPSA) is 86.5 Å². The zero-order valence-corrected chi connectivity index (χ0v) is 13.5. The summed E-state index contributed by atoms with van der Waals surface area (Å²) in [6.45, 7) is 3.62. The molecule has 0 saturated carbocycles. The van der Waals surface area contributed by atoms with Gasteiger partial charge in [0, 0.05) is 6.04 Å². The molecule has 5 nitrogen and oxygen atoms in total. The van der Waals surface area contributed by atoms with Crippen molar-refractivity contribution in [3.05, 3.63) is 35.4 Å². The van der Waals surface area contributed by atoms with E-state index in [0.717, 1.165) is 12.0 Å². The third-order valence-corrected chi connectivity index (χ3v) is 5.86. The molecule has 2 unspecified atom stereocenters. The molecule has 0 aliphatic carbocycles. The first kappa shape index (κ1) is 17.7. The molecule has 1 rings (SSSR count). The summed E-state index contributed by atoms with van der Waals surface area (Å²) in [5, 5.41) is -0.755. The summed E-state index contributed by atoms with van der Waals surface area (Å²) in [5.74, 6) is -0.784. The van der Waals surface area contributed by atoms with Gasteiger partial charge in [-0.3, -0.25) is 4.79 Å². The van der Waals surface area contributed by atoms with E-state index in [9.17, 15) is 13.2 Å². The Morgan fingerprint density at radius 3 is 2.33 bits per heavy atom. The molecule has 1 aromatic carbocycles. The molecule has 2 N–H and O–H groups in total. The molecule has 0 saturated heterocycles. The highest BCUT2D eigenvalue weighted by Gasteiger charge is 2.28. The van der Waals surface area contributed by atoms with E-state index in [-0.39, 0.29) is 12.2 Å². The Morgan fingerprint density at radius 1 is 1.29 bits per heavy atom. The number of rotatable bonds is 7. The van der Waals surface area contributed by atoms with Crippen molar-refractivity contribution in [3.8, 4) is 0 Å². The minimum atomic E-state index is -3.45. The van der Waals surface area contributed by atoms with Crippen LogP contribution in [0.15, 0.2) is 24.3 Å². The second-order valence-corrected chi connectivity index (χ2v) is 7.50. The number of ether oxygens (including phenoxy) is 1. The molecule has 0 spiro atoms. The van der Waals surface area contributed by atoms with Crippen molar-refractivity contribution < 1.29 is 17.9 Å². The van der Waals surface area contributed by atoms with E-state index < -0.39 is 27.1 Å². The van der Waals surface area contributed by atoms with Crippen LogP contribution >= 0.6 is 0 Å². The van der Waals surface area contributed by atoms with E-state index in [1.54, 1.807) is 6.92 Å². The Labute approximate surface area is 126 Å². The highest BCUT2D eigenvalue weighted by molar-refractivity contribution is 7.92. The molecule has 1 aromatic rings. The monoisotopic (exact) mass is 313 g/mol. The van der Waals surface area contributed by atoms with Crippen LogP contribution < -0.4 is 5.73 Å². The average molecular weight is 313 g/mol. The molecular weight excluding hydrogens is 290 g/mol. The van der Waals surface area contributed by atoms with Gasteiger partial charge in [-0.05, 0) is 24.5 Å². The van der Waals surface area contributed by atoms with E-state index >= 15 is 0 Å². The summed E-state index contributed by atoms with van der Waals surface area (Å²) >= 11 is 0. The normalized spacial score (nSPS) is 14.5. The van der Waals surface area contributed by atoms with Crippen LogP contribution in [0.25, 0.3) is 0 Å². The molecule has 0 bridgehead atoms. The largest absolute Gasteiger partial charge is 0.469 e. The number of benzene rings is 1. The van der Waals surface area contributed by atoms with Crippen molar-refractivity contribution in [2.24, 2.45) is 5.73 Å². The van der Waals surface area contributed by atoms with Crippen molar-refractivity contribution in [3.63, 3.8) is 0 Å². The maximum Gasteiger partial charge on any atom is 0.306 e. The van der Waals surface area contributed by atoms with Gasteiger partial charge in [0.2, 0.25) is 0 Å². The molecule has 0 amide bonds. The van der Waals surface area contributed by atoms with E-state index in [2.05, 4.69) is 11.7 Å².